The minimum absolute atomic E-state index is 0.0602. The molecule has 0 unspecified atom stereocenters. The van der Waals surface area contributed by atoms with Crippen molar-refractivity contribution in [1.29, 1.82) is 5.26 Å². The van der Waals surface area contributed by atoms with Gasteiger partial charge in [0.1, 0.15) is 6.61 Å². The van der Waals surface area contributed by atoms with E-state index in [0.29, 0.717) is 11.1 Å². The number of aryl methyl sites for hydroxylation is 1. The van der Waals surface area contributed by atoms with Crippen LogP contribution in [0.2, 0.25) is 0 Å². The lowest BCUT2D eigenvalue weighted by molar-refractivity contribution is -0.144. The van der Waals surface area contributed by atoms with E-state index >= 15 is 0 Å². The number of carbonyl (C=O) groups is 2. The number of carbonyl (C=O) groups excluding carboxylic acids is 2. The maximum Gasteiger partial charge on any atom is 0.306 e. The van der Waals surface area contributed by atoms with Gasteiger partial charge < -0.3 is 4.74 Å². The van der Waals surface area contributed by atoms with Gasteiger partial charge in [0.25, 0.3) is 0 Å². The number of Topliss-reactive ketones (excluding diaryl/α,β-unsaturated/α-hetero) is 1. The smallest absolute Gasteiger partial charge is 0.306 e. The lowest BCUT2D eigenvalue weighted by Gasteiger charge is -2.05. The highest BCUT2D eigenvalue weighted by Crippen LogP contribution is 2.10. The predicted octanol–water partition coefficient (Wildman–Crippen LogP) is 3.83. The number of ketones is 1. The van der Waals surface area contributed by atoms with Crippen molar-refractivity contribution >= 4 is 11.8 Å². The van der Waals surface area contributed by atoms with Gasteiger partial charge in [0.05, 0.1) is 18.1 Å². The summed E-state index contributed by atoms with van der Waals surface area (Å²) in [5.74, 6) is -0.467. The molecule has 2 rings (SSSR count). The Bertz CT molecular complexity index is 740. The monoisotopic (exact) mass is 321 g/mol. The zero-order valence-electron chi connectivity index (χ0n) is 13.6. The molecule has 0 aliphatic carbocycles. The Kier molecular flexibility index (Phi) is 6.27. The van der Waals surface area contributed by atoms with Crippen LogP contribution in [0.15, 0.2) is 48.5 Å². The van der Waals surface area contributed by atoms with Crippen molar-refractivity contribution in [2.45, 2.75) is 32.8 Å². The minimum atomic E-state index is -0.405. The quantitative estimate of drug-likeness (QED) is 0.574. The number of ether oxygens (including phenoxy) is 1. The fourth-order valence-electron chi connectivity index (χ4n) is 2.20. The molecular weight excluding hydrogens is 302 g/mol. The highest BCUT2D eigenvalue weighted by atomic mass is 16.5. The average Bonchev–Trinajstić information content (AvgIpc) is 2.64. The van der Waals surface area contributed by atoms with Crippen LogP contribution in [0.3, 0.4) is 0 Å². The number of esters is 1. The summed E-state index contributed by atoms with van der Waals surface area (Å²) in [4.78, 5) is 23.8. The zero-order chi connectivity index (χ0) is 17.4. The van der Waals surface area contributed by atoms with Crippen molar-refractivity contribution in [2.24, 2.45) is 0 Å². The van der Waals surface area contributed by atoms with Crippen LogP contribution in [0.4, 0.5) is 0 Å². The Balaban J connectivity index is 1.77. The third kappa shape index (κ3) is 5.06. The second-order valence-corrected chi connectivity index (χ2v) is 5.44. The van der Waals surface area contributed by atoms with Crippen LogP contribution in [0.25, 0.3) is 0 Å². The summed E-state index contributed by atoms with van der Waals surface area (Å²) in [5, 5.41) is 8.72. The molecule has 0 aliphatic heterocycles. The highest BCUT2D eigenvalue weighted by molar-refractivity contribution is 5.97. The molecule has 122 valence electrons. The van der Waals surface area contributed by atoms with E-state index in [1.54, 1.807) is 36.4 Å². The van der Waals surface area contributed by atoms with Crippen molar-refractivity contribution < 1.29 is 14.3 Å². The molecule has 0 amide bonds. The minimum Gasteiger partial charge on any atom is -0.461 e. The first kappa shape index (κ1) is 17.4. The summed E-state index contributed by atoms with van der Waals surface area (Å²) in [6, 6.07) is 16.3. The van der Waals surface area contributed by atoms with E-state index < -0.39 is 5.97 Å². The molecule has 0 heterocycles. The third-order valence-electron chi connectivity index (χ3n) is 3.72. The molecule has 24 heavy (non-hydrogen) atoms. The van der Waals surface area contributed by atoms with E-state index in [-0.39, 0.29) is 25.2 Å². The summed E-state index contributed by atoms with van der Waals surface area (Å²) < 4.78 is 5.15. The van der Waals surface area contributed by atoms with Gasteiger partial charge in [-0.15, -0.1) is 0 Å². The van der Waals surface area contributed by atoms with Crippen LogP contribution in [-0.2, 0) is 22.6 Å². The molecule has 0 saturated carbocycles. The third-order valence-corrected chi connectivity index (χ3v) is 3.72. The van der Waals surface area contributed by atoms with Crippen molar-refractivity contribution in [2.75, 3.05) is 0 Å². The van der Waals surface area contributed by atoms with Gasteiger partial charge in [-0.2, -0.15) is 5.26 Å². The molecule has 0 fully saturated rings. The molecular formula is C20H19NO3. The van der Waals surface area contributed by atoms with Gasteiger partial charge in [-0.1, -0.05) is 43.3 Å². The van der Waals surface area contributed by atoms with Crippen LogP contribution in [0.1, 0.15) is 46.8 Å². The first-order valence-electron chi connectivity index (χ1n) is 7.89. The fourth-order valence-corrected chi connectivity index (χ4v) is 2.20. The molecule has 4 heteroatoms. The molecule has 0 bridgehead atoms. The summed E-state index contributed by atoms with van der Waals surface area (Å²) in [6.07, 6.45) is 1.12. The lowest BCUT2D eigenvalue weighted by Crippen LogP contribution is -2.08. The average molecular weight is 321 g/mol. The molecule has 0 radical (unpaired) electrons. The number of benzene rings is 2. The van der Waals surface area contributed by atoms with E-state index in [0.717, 1.165) is 12.0 Å². The molecule has 4 nitrogen and oxygen atoms in total. The van der Waals surface area contributed by atoms with E-state index in [4.69, 9.17) is 10.00 Å². The van der Waals surface area contributed by atoms with Crippen molar-refractivity contribution in [3.63, 3.8) is 0 Å². The SMILES string of the molecule is CCc1ccc(C(=O)CCC(=O)OCc2ccc(C#N)cc2)cc1. The molecule has 0 N–H and O–H groups in total. The molecule has 0 aliphatic rings. The fraction of sp³-hybridized carbons (Fsp3) is 0.250. The van der Waals surface area contributed by atoms with Crippen molar-refractivity contribution in [1.82, 2.24) is 0 Å². The first-order valence-corrected chi connectivity index (χ1v) is 7.89. The number of nitrogens with zero attached hydrogens (tertiary/aromatic N) is 1. The Morgan fingerprint density at radius 1 is 0.958 bits per heavy atom. The Morgan fingerprint density at radius 3 is 2.17 bits per heavy atom. The van der Waals surface area contributed by atoms with Gasteiger partial charge in [0, 0.05) is 12.0 Å². The van der Waals surface area contributed by atoms with Gasteiger partial charge in [0.2, 0.25) is 0 Å². The largest absolute Gasteiger partial charge is 0.461 e. The zero-order valence-corrected chi connectivity index (χ0v) is 13.6. The summed E-state index contributed by atoms with van der Waals surface area (Å²) >= 11 is 0. The van der Waals surface area contributed by atoms with Crippen LogP contribution in [-0.4, -0.2) is 11.8 Å². The number of rotatable bonds is 7. The summed E-state index contributed by atoms with van der Waals surface area (Å²) in [6.45, 7) is 2.20. The highest BCUT2D eigenvalue weighted by Gasteiger charge is 2.10. The van der Waals surface area contributed by atoms with Crippen LogP contribution < -0.4 is 0 Å². The van der Waals surface area contributed by atoms with Crippen LogP contribution in [0.5, 0.6) is 0 Å². The number of hydrogen-bond acceptors (Lipinski definition) is 4. The van der Waals surface area contributed by atoms with E-state index in [9.17, 15) is 9.59 Å². The van der Waals surface area contributed by atoms with E-state index in [2.05, 4.69) is 6.92 Å². The Morgan fingerprint density at radius 2 is 1.58 bits per heavy atom. The van der Waals surface area contributed by atoms with Crippen LogP contribution in [0, 0.1) is 11.3 Å². The van der Waals surface area contributed by atoms with Gasteiger partial charge in [-0.3, -0.25) is 9.59 Å². The van der Waals surface area contributed by atoms with Crippen molar-refractivity contribution in [3.05, 3.63) is 70.8 Å². The van der Waals surface area contributed by atoms with Crippen molar-refractivity contribution in [3.8, 4) is 6.07 Å². The summed E-state index contributed by atoms with van der Waals surface area (Å²) in [5.41, 5.74) is 3.16. The van der Waals surface area contributed by atoms with Gasteiger partial charge in [-0.05, 0) is 29.7 Å². The van der Waals surface area contributed by atoms with Gasteiger partial charge >= 0.3 is 5.97 Å². The lowest BCUT2D eigenvalue weighted by atomic mass is 10.0. The maximum atomic E-state index is 12.1. The Hall–Kier alpha value is -2.93. The molecule has 0 spiro atoms. The topological polar surface area (TPSA) is 67.2 Å². The molecule has 0 aromatic heterocycles. The van der Waals surface area contributed by atoms with E-state index in [1.807, 2.05) is 18.2 Å². The number of nitriles is 1. The van der Waals surface area contributed by atoms with E-state index in [1.165, 1.54) is 5.56 Å². The van der Waals surface area contributed by atoms with Gasteiger partial charge in [0.15, 0.2) is 5.78 Å². The van der Waals surface area contributed by atoms with Gasteiger partial charge in [-0.25, -0.2) is 0 Å². The Labute approximate surface area is 141 Å². The number of hydrogen-bond donors (Lipinski definition) is 0. The molecule has 0 saturated heterocycles. The maximum absolute atomic E-state index is 12.1. The summed E-state index contributed by atoms with van der Waals surface area (Å²) in [7, 11) is 0. The first-order chi connectivity index (χ1) is 11.6. The molecule has 2 aromatic carbocycles. The second-order valence-electron chi connectivity index (χ2n) is 5.44. The van der Waals surface area contributed by atoms with Crippen LogP contribution >= 0.6 is 0 Å². The normalized spacial score (nSPS) is 10.0. The molecule has 2 aromatic rings. The predicted molar refractivity (Wildman–Crippen MR) is 90.3 cm³/mol. The standard InChI is InChI=1S/C20H19NO3/c1-2-15-7-9-18(10-8-15)19(22)11-12-20(23)24-14-17-5-3-16(13-21)4-6-17/h3-10H,2,11-12,14H2,1H3. The second kappa shape index (κ2) is 8.64. The molecule has 0 atom stereocenters.